The number of nitrogens with one attached hydrogen (secondary N) is 3. The third kappa shape index (κ3) is 6.23. The topological polar surface area (TPSA) is 147 Å². The summed E-state index contributed by atoms with van der Waals surface area (Å²) in [6, 6.07) is 14.1. The van der Waals surface area contributed by atoms with Crippen molar-refractivity contribution in [1.29, 1.82) is 5.41 Å². The first-order valence-electron chi connectivity index (χ1n) is 13.8. The van der Waals surface area contributed by atoms with Gasteiger partial charge in [0.2, 0.25) is 11.8 Å². The van der Waals surface area contributed by atoms with E-state index in [9.17, 15) is 14.4 Å². The average Bonchev–Trinajstić information content (AvgIpc) is 3.72. The first-order valence-corrected chi connectivity index (χ1v) is 14.7. The lowest BCUT2D eigenvalue weighted by atomic mass is 9.98. The molecule has 1 spiro atoms. The van der Waals surface area contributed by atoms with Gasteiger partial charge in [0.1, 0.15) is 11.9 Å². The molecule has 2 saturated heterocycles. The first kappa shape index (κ1) is 29.4. The Kier molecular flexibility index (Phi) is 8.44. The Bertz CT molecular complexity index is 1510. The van der Waals surface area contributed by atoms with Gasteiger partial charge in [-0.1, -0.05) is 35.9 Å². The largest absolute Gasteiger partial charge is 0.384 e. The van der Waals surface area contributed by atoms with Gasteiger partial charge < -0.3 is 30.7 Å². The number of carbonyl (C=O) groups is 3. The zero-order chi connectivity index (χ0) is 30.0. The minimum absolute atomic E-state index is 0.0413. The van der Waals surface area contributed by atoms with Crippen molar-refractivity contribution in [1.82, 2.24) is 15.5 Å². The Morgan fingerprint density at radius 1 is 1.10 bits per heavy atom. The fourth-order valence-electron chi connectivity index (χ4n) is 5.44. The number of ether oxygens (including phenoxy) is 2. The zero-order valence-corrected chi connectivity index (χ0v) is 24.7. The number of amidine groups is 1. The molecule has 2 aliphatic heterocycles. The molecule has 220 valence electrons. The summed E-state index contributed by atoms with van der Waals surface area (Å²) in [6.45, 7) is 6.51. The van der Waals surface area contributed by atoms with Crippen LogP contribution in [0.25, 0.3) is 11.1 Å². The summed E-state index contributed by atoms with van der Waals surface area (Å²) < 4.78 is 11.6. The second-order valence-electron chi connectivity index (χ2n) is 10.8. The van der Waals surface area contributed by atoms with Gasteiger partial charge in [0.05, 0.1) is 32.3 Å². The number of hydrogen-bond acceptors (Lipinski definition) is 7. The fraction of sp³-hybridized carbons (Fsp3) is 0.355. The van der Waals surface area contributed by atoms with Crippen LogP contribution in [0.5, 0.6) is 0 Å². The number of aryl methyl sites for hydroxylation is 2. The van der Waals surface area contributed by atoms with Gasteiger partial charge in [-0.25, -0.2) is 0 Å². The average molecular weight is 590 g/mol. The number of hydrogen-bond donors (Lipinski definition) is 4. The summed E-state index contributed by atoms with van der Waals surface area (Å²) in [5, 5.41) is 15.0. The lowest BCUT2D eigenvalue weighted by Crippen LogP contribution is -2.49. The zero-order valence-electron chi connectivity index (χ0n) is 23.9. The lowest BCUT2D eigenvalue weighted by Gasteiger charge is -2.25. The van der Waals surface area contributed by atoms with E-state index < -0.39 is 17.7 Å². The van der Waals surface area contributed by atoms with Gasteiger partial charge in [0.15, 0.2) is 5.79 Å². The predicted molar refractivity (Wildman–Crippen MR) is 160 cm³/mol. The Morgan fingerprint density at radius 2 is 1.81 bits per heavy atom. The van der Waals surface area contributed by atoms with Gasteiger partial charge in [0.25, 0.3) is 5.91 Å². The van der Waals surface area contributed by atoms with Gasteiger partial charge in [-0.3, -0.25) is 19.8 Å². The molecule has 2 aromatic carbocycles. The Morgan fingerprint density at radius 3 is 2.45 bits per heavy atom. The van der Waals surface area contributed by atoms with Crippen LogP contribution >= 0.6 is 11.3 Å². The molecule has 0 unspecified atom stereocenters. The highest BCUT2D eigenvalue weighted by Gasteiger charge is 2.52. The fourth-order valence-corrected chi connectivity index (χ4v) is 6.36. The molecule has 2 aliphatic rings. The maximum absolute atomic E-state index is 13.4. The third-order valence-corrected chi connectivity index (χ3v) is 8.80. The summed E-state index contributed by atoms with van der Waals surface area (Å²) >= 11 is 1.39. The molecular formula is C31H35N5O5S. The molecule has 2 fully saturated rings. The highest BCUT2D eigenvalue weighted by molar-refractivity contribution is 7.10. The number of carbonyl (C=O) groups excluding carboxylic acids is 3. The van der Waals surface area contributed by atoms with Gasteiger partial charge in [-0.15, -0.1) is 11.3 Å². The molecule has 10 nitrogen and oxygen atoms in total. The van der Waals surface area contributed by atoms with Crippen LogP contribution in [0.15, 0.2) is 53.9 Å². The summed E-state index contributed by atoms with van der Waals surface area (Å²) in [7, 11) is 0. The molecule has 5 rings (SSSR count). The monoisotopic (exact) mass is 589 g/mol. The van der Waals surface area contributed by atoms with Crippen LogP contribution < -0.4 is 16.4 Å². The summed E-state index contributed by atoms with van der Waals surface area (Å²) in [5.74, 6) is -2.22. The number of likely N-dealkylation sites (tertiary alicyclic amines) is 1. The smallest absolute Gasteiger partial charge is 0.251 e. The van der Waals surface area contributed by atoms with Crippen molar-refractivity contribution in [3.8, 4) is 11.1 Å². The van der Waals surface area contributed by atoms with E-state index in [2.05, 4.69) is 35.8 Å². The van der Waals surface area contributed by atoms with E-state index in [1.54, 1.807) is 23.6 Å². The van der Waals surface area contributed by atoms with Crippen LogP contribution in [-0.2, 0) is 19.1 Å². The summed E-state index contributed by atoms with van der Waals surface area (Å²) in [5.41, 5.74) is 11.0. The Labute approximate surface area is 248 Å². The molecule has 3 heterocycles. The molecule has 0 bridgehead atoms. The van der Waals surface area contributed by atoms with Crippen LogP contribution in [0, 0.1) is 19.3 Å². The van der Waals surface area contributed by atoms with E-state index in [1.807, 2.05) is 26.0 Å². The molecule has 42 heavy (non-hydrogen) atoms. The second kappa shape index (κ2) is 12.0. The number of thiophene rings is 1. The Balaban J connectivity index is 1.23. The van der Waals surface area contributed by atoms with Crippen LogP contribution in [0.4, 0.5) is 0 Å². The molecule has 0 radical (unpaired) electrons. The van der Waals surface area contributed by atoms with Crippen molar-refractivity contribution in [2.24, 2.45) is 5.73 Å². The number of rotatable bonds is 8. The van der Waals surface area contributed by atoms with Gasteiger partial charge in [0, 0.05) is 27.8 Å². The van der Waals surface area contributed by atoms with Crippen molar-refractivity contribution in [2.75, 3.05) is 26.3 Å². The van der Waals surface area contributed by atoms with E-state index >= 15 is 0 Å². The molecule has 3 aromatic rings. The van der Waals surface area contributed by atoms with Gasteiger partial charge in [-0.05, 0) is 55.7 Å². The second-order valence-corrected chi connectivity index (χ2v) is 11.8. The summed E-state index contributed by atoms with van der Waals surface area (Å²) in [4.78, 5) is 41.9. The first-order chi connectivity index (χ1) is 20.0. The van der Waals surface area contributed by atoms with Gasteiger partial charge >= 0.3 is 0 Å². The Hall–Kier alpha value is -4.06. The number of nitrogen functional groups attached to an aromatic ring is 1. The van der Waals surface area contributed by atoms with Crippen LogP contribution in [-0.4, -0.2) is 66.6 Å². The molecule has 3 amide bonds. The predicted octanol–water partition coefficient (Wildman–Crippen LogP) is 3.27. The van der Waals surface area contributed by atoms with Crippen molar-refractivity contribution < 1.29 is 23.9 Å². The van der Waals surface area contributed by atoms with E-state index in [0.29, 0.717) is 24.3 Å². The van der Waals surface area contributed by atoms with E-state index in [1.165, 1.54) is 21.8 Å². The maximum Gasteiger partial charge on any atom is 0.251 e. The minimum atomic E-state index is -1.04. The number of benzene rings is 2. The SMILES string of the molecule is Cc1ccc(-c2ccc(C(=O)NCC(=O)N3CC4(C[C@H]3C(=O)N[C@H](C)c3cc(C(=N)N)cs3)OCCO4)cc2)c(C)c1. The standard InChI is InChI=1S/C31H35N5O5S/c1-18-4-9-24(19(2)12-18)21-5-7-22(8-6-21)29(38)34-15-27(37)36-17-31(40-10-11-41-31)14-25(36)30(39)35-20(3)26-13-23(16-42-26)28(32)33/h4-9,12-13,16,20,25H,10-11,14-15,17H2,1-3H3,(H3,32,33)(H,34,38)(H,35,39)/t20-,25+/m1/s1. The number of amides is 3. The van der Waals surface area contributed by atoms with Crippen molar-refractivity contribution in [3.63, 3.8) is 0 Å². The molecular weight excluding hydrogens is 554 g/mol. The molecule has 2 atom stereocenters. The van der Waals surface area contributed by atoms with Gasteiger partial charge in [-0.2, -0.15) is 0 Å². The number of nitrogens with two attached hydrogens (primary N) is 1. The van der Waals surface area contributed by atoms with E-state index in [4.69, 9.17) is 20.6 Å². The van der Waals surface area contributed by atoms with Crippen LogP contribution in [0.3, 0.4) is 0 Å². The van der Waals surface area contributed by atoms with E-state index in [0.717, 1.165) is 21.6 Å². The van der Waals surface area contributed by atoms with E-state index in [-0.39, 0.29) is 43.2 Å². The lowest BCUT2D eigenvalue weighted by molar-refractivity contribution is -0.152. The highest BCUT2D eigenvalue weighted by atomic mass is 32.1. The van der Waals surface area contributed by atoms with Crippen molar-refractivity contribution in [2.45, 2.75) is 45.1 Å². The normalized spacial score (nSPS) is 18.2. The molecule has 5 N–H and O–H groups in total. The van der Waals surface area contributed by atoms with Crippen molar-refractivity contribution in [3.05, 3.63) is 81.0 Å². The third-order valence-electron chi connectivity index (χ3n) is 7.68. The number of nitrogens with zero attached hydrogens (tertiary/aromatic N) is 1. The van der Waals surface area contributed by atoms with Crippen LogP contribution in [0.2, 0.25) is 0 Å². The minimum Gasteiger partial charge on any atom is -0.384 e. The summed E-state index contributed by atoms with van der Waals surface area (Å²) in [6.07, 6.45) is 0.189. The van der Waals surface area contributed by atoms with Crippen molar-refractivity contribution >= 4 is 34.9 Å². The molecule has 11 heteroatoms. The quantitative estimate of drug-likeness (QED) is 0.234. The highest BCUT2D eigenvalue weighted by Crippen LogP contribution is 2.35. The molecule has 1 aromatic heterocycles. The molecule has 0 saturated carbocycles. The van der Waals surface area contributed by atoms with Crippen LogP contribution in [0.1, 0.15) is 51.3 Å². The molecule has 0 aliphatic carbocycles. The maximum atomic E-state index is 13.4.